The Balaban J connectivity index is 1.94. The number of aromatic nitrogens is 2. The number of amides is 17. The number of hydrogen-bond acceptors (Lipinski definition) is 24. The van der Waals surface area contributed by atoms with Gasteiger partial charge in [0.2, 0.25) is 100 Å². The average Bonchev–Trinajstić information content (AvgIpc) is 1.71. The predicted molar refractivity (Wildman–Crippen MR) is 423 cm³/mol. The molecule has 121 heavy (non-hydrogen) atoms. The van der Waals surface area contributed by atoms with Crippen molar-refractivity contribution in [1.29, 1.82) is 0 Å². The van der Waals surface area contributed by atoms with Gasteiger partial charge in [-0.2, -0.15) is 0 Å². The van der Waals surface area contributed by atoms with Crippen LogP contribution in [-0.2, 0) is 114 Å². The Labute approximate surface area is 695 Å². The average molecular weight is 1710 g/mol. The van der Waals surface area contributed by atoms with E-state index < -0.39 is 292 Å². The summed E-state index contributed by atoms with van der Waals surface area (Å²) in [6, 6.07) is -13.4. The van der Waals surface area contributed by atoms with E-state index in [4.69, 9.17) is 28.7 Å². The summed E-state index contributed by atoms with van der Waals surface area (Å²) in [7, 11) is 0. The van der Waals surface area contributed by atoms with Gasteiger partial charge >= 0.3 is 23.9 Å². The number of H-pyrrole nitrogens is 1. The maximum Gasteiger partial charge on any atom is 0.322 e. The number of carbonyl (C=O) groups excluding carboxylic acids is 17. The molecule has 1 fully saturated rings. The van der Waals surface area contributed by atoms with Crippen LogP contribution < -0.4 is 97.8 Å². The number of aliphatic carboxylic acids is 4. The lowest BCUT2D eigenvalue weighted by atomic mass is 9.96. The highest BCUT2D eigenvalue weighted by Crippen LogP contribution is 2.22. The number of imidazole rings is 1. The number of nitrogens with zero attached hydrogens (tertiary/aromatic N) is 2. The number of nitrogens with two attached hydrogens (primary N) is 5. The molecule has 2 aromatic rings. The molecule has 46 heteroatoms. The molecule has 1 saturated heterocycles. The SMILES string of the molecule is CC[C@H](C)[C@H](NC(=O)[C@@H](N)CC(C)C)C(=O)N[C@@H](CC(=O)O)C(=O)NCC(=O)N[C@@H](CCC(N)=O)C(=O)N[C@@H](CCCCN)C(=O)N[C@H](C(=O)N[C@@H](CC(=O)O)C(=O)N[C@@H](CCC(=O)O)C(=O)N[C@@H](CCC(N)=O)C(=O)N[C@@H](Cc1ccccc1)C(=O)N1CCC[C@H]1C(=O)N[C@@H](CCC(N)=O)C(=O)N[C@@H](Cc1cnc[nH]1)C(=O)NCC(=O)O)C(C)C. The number of aromatic amines is 1. The van der Waals surface area contributed by atoms with Crippen LogP contribution in [0.2, 0.25) is 0 Å². The van der Waals surface area contributed by atoms with E-state index in [9.17, 15) is 121 Å². The van der Waals surface area contributed by atoms with Crippen LogP contribution in [0.15, 0.2) is 42.9 Å². The molecule has 0 spiro atoms. The van der Waals surface area contributed by atoms with E-state index in [1.807, 2.05) is 13.8 Å². The van der Waals surface area contributed by atoms with Crippen molar-refractivity contribution in [3.8, 4) is 0 Å². The van der Waals surface area contributed by atoms with E-state index in [-0.39, 0.29) is 70.4 Å². The number of carboxylic acids is 4. The molecule has 0 bridgehead atoms. The highest BCUT2D eigenvalue weighted by molar-refractivity contribution is 6.01. The molecule has 2 heterocycles. The number of nitrogens with one attached hydrogen (secondary N) is 14. The zero-order chi connectivity index (χ0) is 90.9. The molecule has 1 aromatic carbocycles. The van der Waals surface area contributed by atoms with Gasteiger partial charge < -0.3 is 128 Å². The fourth-order valence-electron chi connectivity index (χ4n) is 12.5. The minimum absolute atomic E-state index is 0.00334. The van der Waals surface area contributed by atoms with E-state index in [2.05, 4.69) is 79.1 Å². The van der Waals surface area contributed by atoms with Crippen LogP contribution in [0, 0.1) is 17.8 Å². The van der Waals surface area contributed by atoms with E-state index in [0.29, 0.717) is 17.7 Å². The lowest BCUT2D eigenvalue weighted by molar-refractivity contribution is -0.143. The van der Waals surface area contributed by atoms with Crippen LogP contribution in [0.5, 0.6) is 0 Å². The van der Waals surface area contributed by atoms with E-state index in [0.717, 1.165) is 4.90 Å². The van der Waals surface area contributed by atoms with Crippen molar-refractivity contribution in [2.24, 2.45) is 46.4 Å². The lowest BCUT2D eigenvalue weighted by Gasteiger charge is -2.31. The number of hydrogen-bond donors (Lipinski definition) is 23. The molecular formula is C75H115N21O25. The Morgan fingerprint density at radius 2 is 0.926 bits per heavy atom. The van der Waals surface area contributed by atoms with Crippen molar-refractivity contribution in [3.63, 3.8) is 0 Å². The van der Waals surface area contributed by atoms with E-state index in [1.165, 1.54) is 26.4 Å². The Morgan fingerprint density at radius 3 is 1.40 bits per heavy atom. The summed E-state index contributed by atoms with van der Waals surface area (Å²) in [6.45, 7) is 7.89. The highest BCUT2D eigenvalue weighted by atomic mass is 16.4. The van der Waals surface area contributed by atoms with Gasteiger partial charge in [0.05, 0.1) is 31.8 Å². The topological polar surface area (TPSA) is 758 Å². The van der Waals surface area contributed by atoms with Crippen LogP contribution in [0.1, 0.15) is 162 Å². The fourth-order valence-corrected chi connectivity index (χ4v) is 12.5. The molecule has 0 aliphatic carbocycles. The normalized spacial score (nSPS) is 15.6. The van der Waals surface area contributed by atoms with E-state index >= 15 is 0 Å². The standard InChI is InChI=1S/C75H115N21O25/c1-7-39(6)62(95-63(109)42(77)28-37(2)3)74(120)91-49(31-58(103)104)65(111)82-34-56(100)85-44(18-22-53(78)97)66(112)86-43(16-11-12-26-76)70(116)94-61(38(4)5)73(119)92-50(32-59(105)106)71(117)88-47(21-25-57(101)102)67(113)87-45(19-23-54(79)98)69(115)93-51(29-40-14-9-8-10-15-40)75(121)96-27-13-17-52(96)72(118)89-46(20-24-55(80)99)68(114)90-48(30-41-33-81-36-84-41)64(110)83-35-60(107)108/h8-10,14-15,33,36-39,42-52,61-62H,7,11-13,16-32,34-35,76-77H2,1-6H3,(H2,78,97)(H2,79,98)(H2,80,99)(H,81,84)(H,82,111)(H,83,110)(H,85,100)(H,86,112)(H,87,113)(H,88,117)(H,89,118)(H,90,114)(H,91,120)(H,92,119)(H,93,115)(H,94,116)(H,95,109)(H,101,102)(H,103,104)(H,105,106)(H,107,108)/t39-,42-,43-,44-,45-,46-,47-,48-,49-,50-,51-,52-,61-,62-/m0/s1. The summed E-state index contributed by atoms with van der Waals surface area (Å²) in [4.78, 5) is 289. The molecule has 1 aliphatic heterocycles. The zero-order valence-corrected chi connectivity index (χ0v) is 68.2. The first-order chi connectivity index (χ1) is 56.9. The second-order valence-electron chi connectivity index (χ2n) is 29.9. The first-order valence-electron chi connectivity index (χ1n) is 39.3. The Morgan fingerprint density at radius 1 is 0.479 bits per heavy atom. The van der Waals surface area contributed by atoms with Gasteiger partial charge in [0.1, 0.15) is 79.0 Å². The Hall–Kier alpha value is -12.8. The van der Waals surface area contributed by atoms with Crippen LogP contribution in [0.4, 0.5) is 0 Å². The van der Waals surface area contributed by atoms with Gasteiger partial charge in [-0.25, -0.2) is 4.98 Å². The van der Waals surface area contributed by atoms with Crippen molar-refractivity contribution < 1.29 is 121 Å². The van der Waals surface area contributed by atoms with Crippen LogP contribution in [0.25, 0.3) is 0 Å². The Kier molecular flexibility index (Phi) is 44.2. The van der Waals surface area contributed by atoms with Crippen molar-refractivity contribution in [3.05, 3.63) is 54.1 Å². The second kappa shape index (κ2) is 52.2. The van der Waals surface area contributed by atoms with Gasteiger partial charge in [-0.1, -0.05) is 78.3 Å². The zero-order valence-electron chi connectivity index (χ0n) is 68.2. The van der Waals surface area contributed by atoms with Gasteiger partial charge in [-0.15, -0.1) is 0 Å². The molecular weight excluding hydrogens is 1590 g/mol. The number of benzene rings is 1. The van der Waals surface area contributed by atoms with Crippen molar-refractivity contribution in [1.82, 2.24) is 84.0 Å². The number of rotatable bonds is 57. The summed E-state index contributed by atoms with van der Waals surface area (Å²) < 4.78 is 0. The molecule has 3 rings (SSSR count). The fraction of sp³-hybridized carbons (Fsp3) is 0.600. The maximum absolute atomic E-state index is 15.0. The first kappa shape index (κ1) is 102. The largest absolute Gasteiger partial charge is 0.481 e. The van der Waals surface area contributed by atoms with Gasteiger partial charge in [-0.3, -0.25) is 101 Å². The number of primary amides is 3. The number of unbranched alkanes of at least 4 members (excludes halogenated alkanes) is 1. The third kappa shape index (κ3) is 37.8. The summed E-state index contributed by atoms with van der Waals surface area (Å²) in [5.41, 5.74) is 28.8. The van der Waals surface area contributed by atoms with Gasteiger partial charge in [-0.05, 0) is 94.1 Å². The second-order valence-corrected chi connectivity index (χ2v) is 29.9. The lowest BCUT2D eigenvalue weighted by Crippen LogP contribution is -2.61. The van der Waals surface area contributed by atoms with Gasteiger partial charge in [0.25, 0.3) is 0 Å². The molecule has 14 atom stereocenters. The van der Waals surface area contributed by atoms with Crippen molar-refractivity contribution >= 4 is 124 Å². The third-order valence-corrected chi connectivity index (χ3v) is 19.1. The van der Waals surface area contributed by atoms with Crippen molar-refractivity contribution in [2.45, 2.75) is 242 Å². The first-order valence-corrected chi connectivity index (χ1v) is 39.3. The summed E-state index contributed by atoms with van der Waals surface area (Å²) in [5.74, 6) is -26.0. The summed E-state index contributed by atoms with van der Waals surface area (Å²) in [5, 5.41) is 69.4. The smallest absolute Gasteiger partial charge is 0.322 e. The van der Waals surface area contributed by atoms with Crippen LogP contribution in [-0.4, -0.2) is 264 Å². The highest BCUT2D eigenvalue weighted by Gasteiger charge is 2.42. The monoisotopic (exact) mass is 1710 g/mol. The minimum Gasteiger partial charge on any atom is -0.481 e. The molecule has 0 radical (unpaired) electrons. The quantitative estimate of drug-likeness (QED) is 0.0274. The number of carboxylic acid groups (broad SMARTS) is 4. The molecule has 28 N–H and O–H groups in total. The molecule has 0 unspecified atom stereocenters. The van der Waals surface area contributed by atoms with Crippen LogP contribution in [0.3, 0.4) is 0 Å². The summed E-state index contributed by atoms with van der Waals surface area (Å²) >= 11 is 0. The minimum atomic E-state index is -2.17. The third-order valence-electron chi connectivity index (χ3n) is 19.1. The summed E-state index contributed by atoms with van der Waals surface area (Å²) in [6.07, 6.45) is -4.41. The Bertz CT molecular complexity index is 3960. The molecule has 46 nitrogen and oxygen atoms in total. The molecule has 17 amide bonds. The molecule has 1 aliphatic rings. The number of likely N-dealkylation sites (tertiary alicyclic amines) is 1. The van der Waals surface area contributed by atoms with Gasteiger partial charge in [0, 0.05) is 57.0 Å². The van der Waals surface area contributed by atoms with Crippen LogP contribution >= 0.6 is 0 Å². The number of carbonyl (C=O) groups is 21. The van der Waals surface area contributed by atoms with E-state index in [1.54, 1.807) is 44.2 Å². The molecule has 0 saturated carbocycles. The maximum atomic E-state index is 15.0. The molecule has 670 valence electrons. The predicted octanol–water partition coefficient (Wildman–Crippen LogP) is -7.35. The van der Waals surface area contributed by atoms with Crippen molar-refractivity contribution in [2.75, 3.05) is 26.2 Å². The molecule has 1 aromatic heterocycles. The van der Waals surface area contributed by atoms with Gasteiger partial charge in [0.15, 0.2) is 0 Å².